The Kier molecular flexibility index (Phi) is 5.42. The van der Waals surface area contributed by atoms with Gasteiger partial charge in [-0.2, -0.15) is 0 Å². The highest BCUT2D eigenvalue weighted by molar-refractivity contribution is 6.11. The van der Waals surface area contributed by atoms with E-state index in [9.17, 15) is 9.59 Å². The Morgan fingerprint density at radius 1 is 0.966 bits per heavy atom. The Hall–Kier alpha value is -3.41. The minimum atomic E-state index is -0.229. The number of fused-ring (bicyclic) bond motifs is 1. The molecule has 4 rings (SSSR count). The first-order valence-corrected chi connectivity index (χ1v) is 9.92. The molecule has 29 heavy (non-hydrogen) atoms. The van der Waals surface area contributed by atoms with Crippen LogP contribution in [0.4, 0.5) is 17.1 Å². The summed E-state index contributed by atoms with van der Waals surface area (Å²) in [6, 6.07) is 12.9. The number of rotatable bonds is 4. The Balaban J connectivity index is 1.63. The average molecular weight is 388 g/mol. The smallest absolute Gasteiger partial charge is 0.255 e. The molecular weight excluding hydrogens is 364 g/mol. The van der Waals surface area contributed by atoms with E-state index in [2.05, 4.69) is 26.6 Å². The maximum Gasteiger partial charge on any atom is 0.255 e. The number of carbonyl (C=O) groups is 2. The molecule has 0 atom stereocenters. The number of hydrogen-bond donors (Lipinski definition) is 2. The van der Waals surface area contributed by atoms with E-state index in [1.54, 1.807) is 36.7 Å². The predicted octanol–water partition coefficient (Wildman–Crippen LogP) is 4.44. The third kappa shape index (κ3) is 4.21. The van der Waals surface area contributed by atoms with E-state index in [0.717, 1.165) is 29.5 Å². The topological polar surface area (TPSA) is 74.3 Å². The second-order valence-corrected chi connectivity index (χ2v) is 7.32. The molecule has 2 heterocycles. The van der Waals surface area contributed by atoms with Crippen molar-refractivity contribution in [2.24, 2.45) is 0 Å². The van der Waals surface area contributed by atoms with Crippen LogP contribution in [0.3, 0.4) is 0 Å². The summed E-state index contributed by atoms with van der Waals surface area (Å²) in [5.74, 6) is -0.402. The van der Waals surface area contributed by atoms with Gasteiger partial charge in [0.05, 0.1) is 5.69 Å². The molecular formula is C23H24N4O2. The number of hydrogen-bond acceptors (Lipinski definition) is 4. The van der Waals surface area contributed by atoms with E-state index in [1.165, 1.54) is 31.9 Å². The fraction of sp³-hybridized carbons (Fsp3) is 0.261. The molecule has 1 aromatic heterocycles. The van der Waals surface area contributed by atoms with E-state index in [4.69, 9.17) is 0 Å². The molecule has 3 aromatic rings. The molecule has 2 N–H and O–H groups in total. The van der Waals surface area contributed by atoms with Gasteiger partial charge in [-0.1, -0.05) is 6.07 Å². The van der Waals surface area contributed by atoms with E-state index in [-0.39, 0.29) is 11.8 Å². The minimum Gasteiger partial charge on any atom is -0.371 e. The summed E-state index contributed by atoms with van der Waals surface area (Å²) in [4.78, 5) is 30.8. The second kappa shape index (κ2) is 8.31. The quantitative estimate of drug-likeness (QED) is 0.693. The van der Waals surface area contributed by atoms with Gasteiger partial charge in [-0.05, 0) is 55.7 Å². The fourth-order valence-corrected chi connectivity index (χ4v) is 3.83. The van der Waals surface area contributed by atoms with Gasteiger partial charge in [0.15, 0.2) is 0 Å². The van der Waals surface area contributed by atoms with Crippen molar-refractivity contribution in [1.82, 2.24) is 4.98 Å². The highest BCUT2D eigenvalue weighted by Gasteiger charge is 2.16. The van der Waals surface area contributed by atoms with Gasteiger partial charge in [0.1, 0.15) is 0 Å². The van der Waals surface area contributed by atoms with E-state index >= 15 is 0 Å². The molecule has 1 fully saturated rings. The molecule has 1 aliphatic heterocycles. The summed E-state index contributed by atoms with van der Waals surface area (Å²) < 4.78 is 0. The van der Waals surface area contributed by atoms with Gasteiger partial charge < -0.3 is 15.5 Å². The lowest BCUT2D eigenvalue weighted by atomic mass is 10.0. The fourth-order valence-electron chi connectivity index (χ4n) is 3.83. The Labute approximate surface area is 169 Å². The molecule has 0 radical (unpaired) electrons. The van der Waals surface area contributed by atoms with E-state index < -0.39 is 0 Å². The van der Waals surface area contributed by atoms with Crippen molar-refractivity contribution in [3.05, 3.63) is 60.4 Å². The summed E-state index contributed by atoms with van der Waals surface area (Å²) >= 11 is 0. The van der Waals surface area contributed by atoms with Crippen LogP contribution in [0.2, 0.25) is 0 Å². The van der Waals surface area contributed by atoms with Gasteiger partial charge in [-0.3, -0.25) is 14.6 Å². The first-order chi connectivity index (χ1) is 14.1. The number of nitrogens with one attached hydrogen (secondary N) is 2. The maximum atomic E-state index is 12.8. The zero-order valence-corrected chi connectivity index (χ0v) is 16.4. The second-order valence-electron chi connectivity index (χ2n) is 7.32. The van der Waals surface area contributed by atoms with Crippen LogP contribution in [0.15, 0.2) is 54.9 Å². The Morgan fingerprint density at radius 2 is 1.79 bits per heavy atom. The molecule has 148 valence electrons. The molecule has 2 aromatic carbocycles. The number of amides is 2. The van der Waals surface area contributed by atoms with Crippen molar-refractivity contribution >= 4 is 39.6 Å². The predicted molar refractivity (Wildman–Crippen MR) is 117 cm³/mol. The van der Waals surface area contributed by atoms with Crippen LogP contribution >= 0.6 is 0 Å². The highest BCUT2D eigenvalue weighted by Crippen LogP contribution is 2.33. The molecule has 0 aliphatic carbocycles. The number of nitrogens with zero attached hydrogens (tertiary/aromatic N) is 2. The zero-order chi connectivity index (χ0) is 20.2. The average Bonchev–Trinajstić information content (AvgIpc) is 2.74. The van der Waals surface area contributed by atoms with Crippen molar-refractivity contribution in [2.45, 2.75) is 26.2 Å². The third-order valence-electron chi connectivity index (χ3n) is 5.19. The van der Waals surface area contributed by atoms with Crippen molar-refractivity contribution in [1.29, 1.82) is 0 Å². The monoisotopic (exact) mass is 388 g/mol. The summed E-state index contributed by atoms with van der Waals surface area (Å²) in [5.41, 5.74) is 2.99. The summed E-state index contributed by atoms with van der Waals surface area (Å²) in [6.07, 6.45) is 7.28. The standard InChI is InChI=1S/C23H24N4O2/c1-16(28)25-18-7-5-6-17(14-18)23(29)26-21-8-9-22(27-12-3-2-4-13-27)19-10-11-24-15-20(19)21/h5-11,14-15H,2-4,12-13H2,1H3,(H,25,28)(H,26,29). The molecule has 1 aliphatic rings. The molecule has 0 bridgehead atoms. The first-order valence-electron chi connectivity index (χ1n) is 9.92. The molecule has 6 nitrogen and oxygen atoms in total. The van der Waals surface area contributed by atoms with Gasteiger partial charge in [-0.15, -0.1) is 0 Å². The first kappa shape index (κ1) is 18.9. The van der Waals surface area contributed by atoms with Crippen LogP contribution in [0.25, 0.3) is 10.8 Å². The van der Waals surface area contributed by atoms with Crippen molar-refractivity contribution < 1.29 is 9.59 Å². The van der Waals surface area contributed by atoms with Crippen LogP contribution < -0.4 is 15.5 Å². The SMILES string of the molecule is CC(=O)Nc1cccc(C(=O)Nc2ccc(N3CCCCC3)c3ccncc23)c1. The largest absolute Gasteiger partial charge is 0.371 e. The molecule has 1 saturated heterocycles. The number of benzene rings is 2. The minimum absolute atomic E-state index is 0.173. The summed E-state index contributed by atoms with van der Waals surface area (Å²) in [6.45, 7) is 3.55. The highest BCUT2D eigenvalue weighted by atomic mass is 16.2. The van der Waals surface area contributed by atoms with Crippen LogP contribution in [0.1, 0.15) is 36.5 Å². The molecule has 2 amide bonds. The normalized spacial score (nSPS) is 13.9. The summed E-state index contributed by atoms with van der Waals surface area (Å²) in [7, 11) is 0. The lowest BCUT2D eigenvalue weighted by molar-refractivity contribution is -0.114. The van der Waals surface area contributed by atoms with Crippen LogP contribution in [-0.4, -0.2) is 29.9 Å². The van der Waals surface area contributed by atoms with E-state index in [0.29, 0.717) is 11.3 Å². The van der Waals surface area contributed by atoms with Crippen LogP contribution in [0, 0.1) is 0 Å². The third-order valence-corrected chi connectivity index (χ3v) is 5.19. The van der Waals surface area contributed by atoms with Crippen molar-refractivity contribution in [2.75, 3.05) is 28.6 Å². The van der Waals surface area contributed by atoms with E-state index in [1.807, 2.05) is 12.1 Å². The van der Waals surface area contributed by atoms with Gasteiger partial charge in [0.25, 0.3) is 5.91 Å². The number of aromatic nitrogens is 1. The lowest BCUT2D eigenvalue weighted by Crippen LogP contribution is -2.29. The molecule has 0 saturated carbocycles. The summed E-state index contributed by atoms with van der Waals surface area (Å²) in [5, 5.41) is 7.71. The Bertz CT molecular complexity index is 1060. The van der Waals surface area contributed by atoms with Gasteiger partial charge in [-0.25, -0.2) is 0 Å². The van der Waals surface area contributed by atoms with Gasteiger partial charge in [0, 0.05) is 60.1 Å². The molecule has 0 unspecified atom stereocenters. The zero-order valence-electron chi connectivity index (χ0n) is 16.4. The van der Waals surface area contributed by atoms with Gasteiger partial charge >= 0.3 is 0 Å². The number of anilines is 3. The molecule has 6 heteroatoms. The van der Waals surface area contributed by atoms with Crippen LogP contribution in [0.5, 0.6) is 0 Å². The number of piperidine rings is 1. The Morgan fingerprint density at radius 3 is 2.59 bits per heavy atom. The lowest BCUT2D eigenvalue weighted by Gasteiger charge is -2.30. The number of pyridine rings is 1. The van der Waals surface area contributed by atoms with Crippen molar-refractivity contribution in [3.63, 3.8) is 0 Å². The van der Waals surface area contributed by atoms with Crippen molar-refractivity contribution in [3.8, 4) is 0 Å². The maximum absolute atomic E-state index is 12.8. The number of carbonyl (C=O) groups excluding carboxylic acids is 2. The molecule has 0 spiro atoms. The van der Waals surface area contributed by atoms with Gasteiger partial charge in [0.2, 0.25) is 5.91 Å². The van der Waals surface area contributed by atoms with Crippen LogP contribution in [-0.2, 0) is 4.79 Å².